The molecule has 3 aromatic rings. The molecule has 132 valence electrons. The smallest absolute Gasteiger partial charge is 0.255 e. The van der Waals surface area contributed by atoms with Gasteiger partial charge in [-0.2, -0.15) is 5.10 Å². The number of hydrogen-bond acceptors (Lipinski definition) is 3. The Labute approximate surface area is 152 Å². The molecule has 0 unspecified atom stereocenters. The third kappa shape index (κ3) is 3.33. The van der Waals surface area contributed by atoms with E-state index in [9.17, 15) is 4.79 Å². The Morgan fingerprint density at radius 1 is 1.08 bits per heavy atom. The molecule has 2 aromatic carbocycles. The summed E-state index contributed by atoms with van der Waals surface area (Å²) in [7, 11) is 0. The molecule has 26 heavy (non-hydrogen) atoms. The Balaban J connectivity index is 1.46. The zero-order valence-corrected chi connectivity index (χ0v) is 14.6. The first kappa shape index (κ1) is 16.4. The van der Waals surface area contributed by atoms with Crippen molar-refractivity contribution in [3.63, 3.8) is 0 Å². The number of para-hydroxylation sites is 2. The van der Waals surface area contributed by atoms with Gasteiger partial charge in [0.25, 0.3) is 5.91 Å². The summed E-state index contributed by atoms with van der Waals surface area (Å²) in [5, 5.41) is 7.39. The van der Waals surface area contributed by atoms with Gasteiger partial charge in [0.15, 0.2) is 0 Å². The van der Waals surface area contributed by atoms with Crippen molar-refractivity contribution in [2.45, 2.75) is 32.2 Å². The SMILES string of the molecule is Nc1ccccc1NC(=O)c1ccc(Cn2ncc3c2CCCC3)cc1. The summed E-state index contributed by atoms with van der Waals surface area (Å²) >= 11 is 0. The van der Waals surface area contributed by atoms with E-state index in [1.54, 1.807) is 12.1 Å². The molecule has 0 saturated heterocycles. The van der Waals surface area contributed by atoms with Gasteiger partial charge in [0.1, 0.15) is 0 Å². The highest BCUT2D eigenvalue weighted by Gasteiger charge is 2.15. The molecule has 5 nitrogen and oxygen atoms in total. The van der Waals surface area contributed by atoms with Crippen LogP contribution in [0.3, 0.4) is 0 Å². The zero-order chi connectivity index (χ0) is 17.9. The lowest BCUT2D eigenvalue weighted by Crippen LogP contribution is -2.13. The van der Waals surface area contributed by atoms with Gasteiger partial charge in [0, 0.05) is 11.3 Å². The Kier molecular flexibility index (Phi) is 4.44. The molecule has 1 aromatic heterocycles. The Bertz CT molecular complexity index is 927. The summed E-state index contributed by atoms with van der Waals surface area (Å²) in [5.41, 5.74) is 11.6. The second kappa shape index (κ2) is 7.04. The topological polar surface area (TPSA) is 72.9 Å². The normalized spacial score (nSPS) is 13.2. The van der Waals surface area contributed by atoms with Gasteiger partial charge in [-0.3, -0.25) is 9.48 Å². The monoisotopic (exact) mass is 346 g/mol. The van der Waals surface area contributed by atoms with Crippen molar-refractivity contribution >= 4 is 17.3 Å². The highest BCUT2D eigenvalue weighted by molar-refractivity contribution is 6.05. The standard InChI is InChI=1S/C21H22N4O/c22-18-6-2-3-7-19(18)24-21(26)16-11-9-15(10-12-16)14-25-20-8-4-1-5-17(20)13-23-25/h2-3,6-7,9-13H,1,4-5,8,14,22H2,(H,24,26). The molecular formula is C21H22N4O. The molecule has 1 aliphatic carbocycles. The molecule has 4 rings (SSSR count). The highest BCUT2D eigenvalue weighted by Crippen LogP contribution is 2.22. The minimum atomic E-state index is -0.161. The van der Waals surface area contributed by atoms with Crippen molar-refractivity contribution in [1.29, 1.82) is 0 Å². The largest absolute Gasteiger partial charge is 0.397 e. The number of aromatic nitrogens is 2. The average Bonchev–Trinajstić information content (AvgIpc) is 3.07. The van der Waals surface area contributed by atoms with Gasteiger partial charge in [-0.25, -0.2) is 0 Å². The summed E-state index contributed by atoms with van der Waals surface area (Å²) < 4.78 is 2.09. The number of rotatable bonds is 4. The molecular weight excluding hydrogens is 324 g/mol. The van der Waals surface area contributed by atoms with Gasteiger partial charge < -0.3 is 11.1 Å². The summed E-state index contributed by atoms with van der Waals surface area (Å²) in [4.78, 5) is 12.4. The van der Waals surface area contributed by atoms with Crippen molar-refractivity contribution in [1.82, 2.24) is 9.78 Å². The molecule has 0 saturated carbocycles. The van der Waals surface area contributed by atoms with Gasteiger partial charge in [-0.15, -0.1) is 0 Å². The number of hydrogen-bond donors (Lipinski definition) is 2. The first-order chi connectivity index (χ1) is 12.7. The van der Waals surface area contributed by atoms with E-state index >= 15 is 0 Å². The first-order valence-electron chi connectivity index (χ1n) is 8.99. The van der Waals surface area contributed by atoms with Crippen LogP contribution in [0.2, 0.25) is 0 Å². The maximum absolute atomic E-state index is 12.4. The van der Waals surface area contributed by atoms with E-state index in [0.717, 1.165) is 24.9 Å². The second-order valence-corrected chi connectivity index (χ2v) is 6.72. The summed E-state index contributed by atoms with van der Waals surface area (Å²) in [6.07, 6.45) is 6.74. The average molecular weight is 346 g/mol. The van der Waals surface area contributed by atoms with E-state index < -0.39 is 0 Å². The van der Waals surface area contributed by atoms with Crippen molar-refractivity contribution in [2.75, 3.05) is 11.1 Å². The van der Waals surface area contributed by atoms with Crippen molar-refractivity contribution in [3.8, 4) is 0 Å². The molecule has 0 spiro atoms. The molecule has 5 heteroatoms. The highest BCUT2D eigenvalue weighted by atomic mass is 16.1. The lowest BCUT2D eigenvalue weighted by Gasteiger charge is -2.14. The van der Waals surface area contributed by atoms with Crippen LogP contribution < -0.4 is 11.1 Å². The van der Waals surface area contributed by atoms with Crippen LogP contribution in [0.1, 0.15) is 40.0 Å². The maximum atomic E-state index is 12.4. The number of fused-ring (bicyclic) bond motifs is 1. The van der Waals surface area contributed by atoms with Crippen LogP contribution in [-0.4, -0.2) is 15.7 Å². The van der Waals surface area contributed by atoms with Gasteiger partial charge in [0.2, 0.25) is 0 Å². The number of benzene rings is 2. The van der Waals surface area contributed by atoms with Crippen molar-refractivity contribution in [3.05, 3.63) is 77.1 Å². The number of carbonyl (C=O) groups excluding carboxylic acids is 1. The molecule has 1 aliphatic rings. The predicted molar refractivity (Wildman–Crippen MR) is 103 cm³/mol. The number of nitrogens with zero attached hydrogens (tertiary/aromatic N) is 2. The lowest BCUT2D eigenvalue weighted by molar-refractivity contribution is 0.102. The van der Waals surface area contributed by atoms with Crippen molar-refractivity contribution in [2.24, 2.45) is 0 Å². The minimum absolute atomic E-state index is 0.161. The summed E-state index contributed by atoms with van der Waals surface area (Å²) in [5.74, 6) is -0.161. The van der Waals surface area contributed by atoms with E-state index in [1.165, 1.54) is 24.1 Å². The van der Waals surface area contributed by atoms with E-state index in [-0.39, 0.29) is 5.91 Å². The Morgan fingerprint density at radius 2 is 1.85 bits per heavy atom. The number of carbonyl (C=O) groups is 1. The number of amides is 1. The Morgan fingerprint density at radius 3 is 2.65 bits per heavy atom. The van der Waals surface area contributed by atoms with Gasteiger partial charge >= 0.3 is 0 Å². The molecule has 0 bridgehead atoms. The Hall–Kier alpha value is -3.08. The minimum Gasteiger partial charge on any atom is -0.397 e. The predicted octanol–water partition coefficient (Wildman–Crippen LogP) is 3.64. The maximum Gasteiger partial charge on any atom is 0.255 e. The molecule has 3 N–H and O–H groups in total. The number of nitrogen functional groups attached to an aromatic ring is 1. The van der Waals surface area contributed by atoms with Gasteiger partial charge in [0.05, 0.1) is 24.1 Å². The number of aryl methyl sites for hydroxylation is 1. The molecule has 1 heterocycles. The number of anilines is 2. The van der Waals surface area contributed by atoms with Crippen LogP contribution in [0.15, 0.2) is 54.7 Å². The fraction of sp³-hybridized carbons (Fsp3) is 0.238. The van der Waals surface area contributed by atoms with E-state index in [2.05, 4.69) is 15.1 Å². The molecule has 0 radical (unpaired) electrons. The first-order valence-corrected chi connectivity index (χ1v) is 8.99. The third-order valence-corrected chi connectivity index (χ3v) is 4.90. The quantitative estimate of drug-likeness (QED) is 0.708. The molecule has 0 atom stereocenters. The molecule has 0 fully saturated rings. The van der Waals surface area contributed by atoms with E-state index in [0.29, 0.717) is 16.9 Å². The number of nitrogens with two attached hydrogens (primary N) is 1. The summed E-state index contributed by atoms with van der Waals surface area (Å²) in [6, 6.07) is 14.9. The van der Waals surface area contributed by atoms with Gasteiger partial charge in [-0.1, -0.05) is 24.3 Å². The van der Waals surface area contributed by atoms with Gasteiger partial charge in [-0.05, 0) is 61.1 Å². The molecule has 1 amide bonds. The summed E-state index contributed by atoms with van der Waals surface area (Å²) in [6.45, 7) is 0.739. The van der Waals surface area contributed by atoms with Crippen LogP contribution >= 0.6 is 0 Å². The van der Waals surface area contributed by atoms with E-state index in [4.69, 9.17) is 5.73 Å². The van der Waals surface area contributed by atoms with Crippen LogP contribution in [0, 0.1) is 0 Å². The van der Waals surface area contributed by atoms with E-state index in [1.807, 2.05) is 42.6 Å². The van der Waals surface area contributed by atoms with Crippen molar-refractivity contribution < 1.29 is 4.79 Å². The van der Waals surface area contributed by atoms with Crippen LogP contribution in [-0.2, 0) is 19.4 Å². The third-order valence-electron chi connectivity index (χ3n) is 4.90. The number of nitrogens with one attached hydrogen (secondary N) is 1. The fourth-order valence-electron chi connectivity index (χ4n) is 3.43. The van der Waals surface area contributed by atoms with Crippen LogP contribution in [0.25, 0.3) is 0 Å². The van der Waals surface area contributed by atoms with Crippen LogP contribution in [0.5, 0.6) is 0 Å². The zero-order valence-electron chi connectivity index (χ0n) is 14.6. The second-order valence-electron chi connectivity index (χ2n) is 6.72. The molecule has 0 aliphatic heterocycles. The van der Waals surface area contributed by atoms with Crippen LogP contribution in [0.4, 0.5) is 11.4 Å². The fourth-order valence-corrected chi connectivity index (χ4v) is 3.43. The lowest BCUT2D eigenvalue weighted by atomic mass is 9.98.